The van der Waals surface area contributed by atoms with E-state index in [1.54, 1.807) is 32.5 Å². The van der Waals surface area contributed by atoms with Crippen molar-refractivity contribution in [2.75, 3.05) is 56.7 Å². The first kappa shape index (κ1) is 29.1. The van der Waals surface area contributed by atoms with Crippen molar-refractivity contribution in [1.29, 1.82) is 0 Å². The molecule has 0 aliphatic carbocycles. The van der Waals surface area contributed by atoms with Gasteiger partial charge in [-0.05, 0) is 37.6 Å². The molecule has 220 valence electrons. The Morgan fingerprint density at radius 1 is 1.07 bits per heavy atom. The fraction of sp³-hybridized carbons (Fsp3) is 0.357. The van der Waals surface area contributed by atoms with E-state index >= 15 is 0 Å². The molecule has 0 saturated carbocycles. The molecule has 1 aliphatic heterocycles. The van der Waals surface area contributed by atoms with Gasteiger partial charge in [-0.3, -0.25) is 24.6 Å². The zero-order valence-electron chi connectivity index (χ0n) is 23.2. The molecule has 0 atom stereocenters. The average molecular weight is 582 g/mol. The Bertz CT molecular complexity index is 1540. The Morgan fingerprint density at radius 2 is 1.88 bits per heavy atom. The number of aryl methyl sites for hydroxylation is 1. The number of hydrogen-bond donors (Lipinski definition) is 1. The highest BCUT2D eigenvalue weighted by Crippen LogP contribution is 2.29. The minimum Gasteiger partial charge on any atom is -0.385 e. The lowest BCUT2D eigenvalue weighted by Gasteiger charge is -2.36. The van der Waals surface area contributed by atoms with Crippen molar-refractivity contribution in [3.05, 3.63) is 72.2 Å². The maximum absolute atomic E-state index is 13.0. The van der Waals surface area contributed by atoms with Gasteiger partial charge in [-0.1, -0.05) is 5.21 Å². The normalized spacial score (nSPS) is 14.3. The summed E-state index contributed by atoms with van der Waals surface area (Å²) in [5, 5.41) is 11.1. The van der Waals surface area contributed by atoms with Gasteiger partial charge in [0.1, 0.15) is 11.4 Å². The van der Waals surface area contributed by atoms with Gasteiger partial charge in [0.2, 0.25) is 0 Å². The zero-order chi connectivity index (χ0) is 29.7. The molecule has 0 spiro atoms. The molecule has 5 rings (SSSR count). The molecule has 0 aromatic carbocycles. The smallest absolute Gasteiger partial charge is 0.385 e. The van der Waals surface area contributed by atoms with E-state index in [1.165, 1.54) is 10.9 Å². The van der Waals surface area contributed by atoms with Gasteiger partial charge in [-0.2, -0.15) is 13.2 Å². The second-order valence-corrected chi connectivity index (χ2v) is 9.87. The van der Waals surface area contributed by atoms with Gasteiger partial charge in [0.15, 0.2) is 0 Å². The number of nitrogens with zero attached hydrogens (tertiary/aromatic N) is 8. The predicted octanol–water partition coefficient (Wildman–Crippen LogP) is 3.86. The monoisotopic (exact) mass is 581 g/mol. The summed E-state index contributed by atoms with van der Waals surface area (Å²) < 4.78 is 45.8. The maximum atomic E-state index is 13.0. The quantitative estimate of drug-likeness (QED) is 0.294. The molecule has 4 aromatic rings. The first-order valence-corrected chi connectivity index (χ1v) is 13.4. The third kappa shape index (κ3) is 6.89. The third-order valence-electron chi connectivity index (χ3n) is 6.96. The molecule has 4 aromatic heterocycles. The van der Waals surface area contributed by atoms with E-state index in [0.29, 0.717) is 23.1 Å². The molecule has 1 fully saturated rings. The molecule has 5 heterocycles. The highest BCUT2D eigenvalue weighted by molar-refractivity contribution is 6.03. The standard InChI is InChI=1S/C28H30F3N9O2/c1-19-26(14-22(16-34-19)35-27(41)24-13-21(4-5-33-24)28(29,30)31)40-18-25(36-37-40)20-12-23(17-32-15-20)39-9-7-38(8-10-39)6-3-11-42-2/h4-5,12-18H,3,6-11H2,1-2H3,(H,35,41). The number of carbonyl (C=O) groups is 1. The Kier molecular flexibility index (Phi) is 8.73. The largest absolute Gasteiger partial charge is 0.416 e. The summed E-state index contributed by atoms with van der Waals surface area (Å²) in [6, 6.07) is 5.16. The highest BCUT2D eigenvalue weighted by Gasteiger charge is 2.31. The van der Waals surface area contributed by atoms with Crippen LogP contribution in [0, 0.1) is 6.92 Å². The van der Waals surface area contributed by atoms with Gasteiger partial charge in [0.05, 0.1) is 46.9 Å². The minimum absolute atomic E-state index is 0.266. The van der Waals surface area contributed by atoms with E-state index in [2.05, 4.69) is 40.4 Å². The van der Waals surface area contributed by atoms with Crippen LogP contribution >= 0.6 is 0 Å². The molecule has 0 unspecified atom stereocenters. The van der Waals surface area contributed by atoms with E-state index in [9.17, 15) is 18.0 Å². The number of anilines is 2. The Balaban J connectivity index is 1.28. The van der Waals surface area contributed by atoms with E-state index in [0.717, 1.165) is 69.3 Å². The van der Waals surface area contributed by atoms with Crippen LogP contribution in [0.2, 0.25) is 0 Å². The molecule has 1 N–H and O–H groups in total. The summed E-state index contributed by atoms with van der Waals surface area (Å²) in [6.45, 7) is 7.27. The van der Waals surface area contributed by atoms with E-state index in [1.807, 2.05) is 12.3 Å². The number of pyridine rings is 3. The maximum Gasteiger partial charge on any atom is 0.416 e. The third-order valence-corrected chi connectivity index (χ3v) is 6.96. The molecule has 1 amide bonds. The number of methoxy groups -OCH3 is 1. The number of piperazine rings is 1. The lowest BCUT2D eigenvalue weighted by atomic mass is 10.2. The summed E-state index contributed by atoms with van der Waals surface area (Å²) in [6.07, 6.45) is 4.08. The number of hydrogen-bond acceptors (Lipinski definition) is 9. The molecule has 14 heteroatoms. The second-order valence-electron chi connectivity index (χ2n) is 9.87. The number of amides is 1. The van der Waals surface area contributed by atoms with Crippen molar-refractivity contribution >= 4 is 17.3 Å². The molecular weight excluding hydrogens is 551 g/mol. The summed E-state index contributed by atoms with van der Waals surface area (Å²) >= 11 is 0. The number of aromatic nitrogens is 6. The average Bonchev–Trinajstić information content (AvgIpc) is 3.49. The van der Waals surface area contributed by atoms with Crippen LogP contribution in [-0.2, 0) is 10.9 Å². The van der Waals surface area contributed by atoms with Gasteiger partial charge >= 0.3 is 6.18 Å². The Hall–Kier alpha value is -4.43. The first-order chi connectivity index (χ1) is 20.2. The van der Waals surface area contributed by atoms with E-state index in [4.69, 9.17) is 4.74 Å². The predicted molar refractivity (Wildman–Crippen MR) is 149 cm³/mol. The second kappa shape index (κ2) is 12.6. The van der Waals surface area contributed by atoms with Crippen LogP contribution in [0.4, 0.5) is 24.5 Å². The number of rotatable bonds is 9. The summed E-state index contributed by atoms with van der Waals surface area (Å²) in [7, 11) is 1.72. The van der Waals surface area contributed by atoms with Crippen LogP contribution in [0.1, 0.15) is 28.2 Å². The van der Waals surface area contributed by atoms with Crippen LogP contribution in [0.25, 0.3) is 16.9 Å². The lowest BCUT2D eigenvalue weighted by Crippen LogP contribution is -2.46. The molecular formula is C28H30F3N9O2. The fourth-order valence-electron chi connectivity index (χ4n) is 4.66. The zero-order valence-corrected chi connectivity index (χ0v) is 23.2. The Morgan fingerprint density at radius 3 is 2.64 bits per heavy atom. The number of halogens is 3. The van der Waals surface area contributed by atoms with E-state index < -0.39 is 17.6 Å². The van der Waals surface area contributed by atoms with Gasteiger partial charge in [0, 0.05) is 64.4 Å². The molecule has 1 aliphatic rings. The number of alkyl halides is 3. The Labute approximate surface area is 240 Å². The van der Waals surface area contributed by atoms with Gasteiger partial charge < -0.3 is 15.0 Å². The number of ether oxygens (including phenoxy) is 1. The van der Waals surface area contributed by atoms with E-state index in [-0.39, 0.29) is 11.4 Å². The summed E-state index contributed by atoms with van der Waals surface area (Å²) in [5.41, 5.74) is 2.49. The number of nitrogens with one attached hydrogen (secondary N) is 1. The minimum atomic E-state index is -4.59. The number of carbonyl (C=O) groups excluding carboxylic acids is 1. The molecule has 42 heavy (non-hydrogen) atoms. The highest BCUT2D eigenvalue weighted by atomic mass is 19.4. The first-order valence-electron chi connectivity index (χ1n) is 13.4. The topological polar surface area (TPSA) is 114 Å². The van der Waals surface area contributed by atoms with Crippen LogP contribution < -0.4 is 10.2 Å². The van der Waals surface area contributed by atoms with Crippen molar-refractivity contribution < 1.29 is 22.7 Å². The lowest BCUT2D eigenvalue weighted by molar-refractivity contribution is -0.137. The molecule has 0 radical (unpaired) electrons. The van der Waals surface area contributed by atoms with Crippen molar-refractivity contribution in [3.63, 3.8) is 0 Å². The van der Waals surface area contributed by atoms with Crippen LogP contribution in [-0.4, -0.2) is 87.2 Å². The fourth-order valence-corrected chi connectivity index (χ4v) is 4.66. The van der Waals surface area contributed by atoms with Crippen molar-refractivity contribution in [1.82, 2.24) is 34.8 Å². The molecule has 1 saturated heterocycles. The molecule has 0 bridgehead atoms. The summed E-state index contributed by atoms with van der Waals surface area (Å²) in [4.78, 5) is 29.9. The summed E-state index contributed by atoms with van der Waals surface area (Å²) in [5.74, 6) is -0.796. The van der Waals surface area contributed by atoms with Crippen molar-refractivity contribution in [2.24, 2.45) is 0 Å². The van der Waals surface area contributed by atoms with Crippen LogP contribution in [0.5, 0.6) is 0 Å². The van der Waals surface area contributed by atoms with Gasteiger partial charge in [-0.25, -0.2) is 4.68 Å². The van der Waals surface area contributed by atoms with Crippen molar-refractivity contribution in [3.8, 4) is 16.9 Å². The van der Waals surface area contributed by atoms with Gasteiger partial charge in [-0.15, -0.1) is 5.10 Å². The SMILES string of the molecule is COCCCN1CCN(c2cncc(-c3cn(-c4cc(NC(=O)c5cc(C(F)(F)F)ccn5)cnc4C)nn3)c2)CC1. The van der Waals surface area contributed by atoms with Crippen molar-refractivity contribution in [2.45, 2.75) is 19.5 Å². The van der Waals surface area contributed by atoms with Gasteiger partial charge in [0.25, 0.3) is 5.91 Å². The molecule has 11 nitrogen and oxygen atoms in total. The van der Waals surface area contributed by atoms with Crippen LogP contribution in [0.3, 0.4) is 0 Å². The van der Waals surface area contributed by atoms with Crippen LogP contribution in [0.15, 0.2) is 55.2 Å².